The second-order valence-corrected chi connectivity index (χ2v) is 6.70. The molecule has 0 fully saturated rings. The van der Waals surface area contributed by atoms with Crippen molar-refractivity contribution in [2.75, 3.05) is 0 Å². The van der Waals surface area contributed by atoms with E-state index in [-0.39, 0.29) is 5.78 Å². The summed E-state index contributed by atoms with van der Waals surface area (Å²) in [7, 11) is 0. The molecule has 2 unspecified atom stereocenters. The molecule has 2 aliphatic carbocycles. The largest absolute Gasteiger partial charge is 0.294 e. The van der Waals surface area contributed by atoms with Crippen molar-refractivity contribution in [3.63, 3.8) is 0 Å². The molecule has 0 aliphatic heterocycles. The maximum absolute atomic E-state index is 12.2. The summed E-state index contributed by atoms with van der Waals surface area (Å²) in [6.07, 6.45) is 6.90. The molecule has 0 N–H and O–H groups in total. The van der Waals surface area contributed by atoms with Gasteiger partial charge in [-0.25, -0.2) is 0 Å². The SMILES string of the molecule is CC1CCc2cc3c(c(C(=O)C=O)c2C1)CC(C)CC3. The number of aryl methyl sites for hydroxylation is 2. The second kappa shape index (κ2) is 5.16. The fourth-order valence-electron chi connectivity index (χ4n) is 3.86. The van der Waals surface area contributed by atoms with Crippen LogP contribution in [0.2, 0.25) is 0 Å². The molecule has 0 radical (unpaired) electrons. The van der Waals surface area contributed by atoms with E-state index in [0.717, 1.165) is 31.2 Å². The lowest BCUT2D eigenvalue weighted by Gasteiger charge is -2.30. The van der Waals surface area contributed by atoms with Gasteiger partial charge in [0.1, 0.15) is 0 Å². The van der Waals surface area contributed by atoms with E-state index in [1.54, 1.807) is 0 Å². The highest BCUT2D eigenvalue weighted by molar-refractivity contribution is 6.34. The fourth-order valence-corrected chi connectivity index (χ4v) is 3.86. The molecule has 0 saturated carbocycles. The van der Waals surface area contributed by atoms with E-state index in [1.807, 2.05) is 0 Å². The number of fused-ring (bicyclic) bond motifs is 2. The average molecular weight is 270 g/mol. The van der Waals surface area contributed by atoms with E-state index in [2.05, 4.69) is 19.9 Å². The van der Waals surface area contributed by atoms with Gasteiger partial charge in [0.2, 0.25) is 5.78 Å². The van der Waals surface area contributed by atoms with Crippen molar-refractivity contribution in [3.05, 3.63) is 33.9 Å². The summed E-state index contributed by atoms with van der Waals surface area (Å²) in [5.74, 6) is 0.917. The molecule has 20 heavy (non-hydrogen) atoms. The Bertz CT molecular complexity index is 533. The van der Waals surface area contributed by atoms with Gasteiger partial charge in [-0.3, -0.25) is 9.59 Å². The number of Topliss-reactive ketones (excluding diaryl/α,β-unsaturated/α-hetero) is 1. The highest BCUT2D eigenvalue weighted by Crippen LogP contribution is 2.36. The lowest BCUT2D eigenvalue weighted by atomic mass is 9.74. The zero-order chi connectivity index (χ0) is 14.3. The van der Waals surface area contributed by atoms with Gasteiger partial charge in [-0.2, -0.15) is 0 Å². The van der Waals surface area contributed by atoms with Crippen molar-refractivity contribution in [1.29, 1.82) is 0 Å². The van der Waals surface area contributed by atoms with Gasteiger partial charge in [-0.1, -0.05) is 19.9 Å². The van der Waals surface area contributed by atoms with Gasteiger partial charge < -0.3 is 0 Å². The molecule has 2 heteroatoms. The van der Waals surface area contributed by atoms with Gasteiger partial charge in [-0.15, -0.1) is 0 Å². The van der Waals surface area contributed by atoms with Crippen LogP contribution < -0.4 is 0 Å². The Hall–Kier alpha value is -1.44. The van der Waals surface area contributed by atoms with Gasteiger partial charge in [0.25, 0.3) is 0 Å². The summed E-state index contributed by atoms with van der Waals surface area (Å²) >= 11 is 0. The molecule has 1 aromatic rings. The third-order valence-corrected chi connectivity index (χ3v) is 5.00. The van der Waals surface area contributed by atoms with E-state index in [0.29, 0.717) is 18.1 Å². The number of aldehydes is 1. The number of rotatable bonds is 2. The van der Waals surface area contributed by atoms with Crippen LogP contribution in [0.15, 0.2) is 6.07 Å². The van der Waals surface area contributed by atoms with Gasteiger partial charge in [0, 0.05) is 5.56 Å². The zero-order valence-electron chi connectivity index (χ0n) is 12.4. The third-order valence-electron chi connectivity index (χ3n) is 5.00. The Kier molecular flexibility index (Phi) is 3.49. The Morgan fingerprint density at radius 2 is 1.55 bits per heavy atom. The molecule has 0 bridgehead atoms. The monoisotopic (exact) mass is 270 g/mol. The highest BCUT2D eigenvalue weighted by atomic mass is 16.2. The molecule has 3 rings (SSSR count). The standard InChI is InChI=1S/C18H22O2/c1-11-3-5-13-9-14-6-4-12(2)8-16(14)18(15(13)7-11)17(20)10-19/h9-12H,3-8H2,1-2H3. The van der Waals surface area contributed by atoms with Gasteiger partial charge in [-0.05, 0) is 72.6 Å². The van der Waals surface area contributed by atoms with Crippen molar-refractivity contribution in [2.45, 2.75) is 52.4 Å². The van der Waals surface area contributed by atoms with Crippen LogP contribution in [0.5, 0.6) is 0 Å². The summed E-state index contributed by atoms with van der Waals surface area (Å²) < 4.78 is 0. The first-order valence-corrected chi connectivity index (χ1v) is 7.76. The first-order chi connectivity index (χ1) is 9.60. The van der Waals surface area contributed by atoms with Gasteiger partial charge in [0.15, 0.2) is 6.29 Å². The van der Waals surface area contributed by atoms with Crippen molar-refractivity contribution < 1.29 is 9.59 Å². The number of ketones is 1. The minimum Gasteiger partial charge on any atom is -0.294 e. The smallest absolute Gasteiger partial charge is 0.225 e. The lowest BCUT2D eigenvalue weighted by Crippen LogP contribution is -2.23. The molecular formula is C18H22O2. The number of carbonyl (C=O) groups excluding carboxylic acids is 2. The Morgan fingerprint density at radius 3 is 2.00 bits per heavy atom. The van der Waals surface area contributed by atoms with Crippen LogP contribution in [0.3, 0.4) is 0 Å². The summed E-state index contributed by atoms with van der Waals surface area (Å²) in [6.45, 7) is 4.47. The van der Waals surface area contributed by atoms with Crippen molar-refractivity contribution >= 4 is 12.1 Å². The molecule has 106 valence electrons. The quantitative estimate of drug-likeness (QED) is 0.469. The van der Waals surface area contributed by atoms with Crippen LogP contribution in [0.1, 0.15) is 59.3 Å². The van der Waals surface area contributed by atoms with Crippen LogP contribution in [-0.2, 0) is 30.5 Å². The van der Waals surface area contributed by atoms with Crippen LogP contribution in [-0.4, -0.2) is 12.1 Å². The van der Waals surface area contributed by atoms with E-state index in [4.69, 9.17) is 0 Å². The fraction of sp³-hybridized carbons (Fsp3) is 0.556. The first kappa shape index (κ1) is 13.5. The zero-order valence-corrected chi connectivity index (χ0v) is 12.4. The van der Waals surface area contributed by atoms with Crippen LogP contribution in [0, 0.1) is 11.8 Å². The predicted molar refractivity (Wildman–Crippen MR) is 79.2 cm³/mol. The summed E-state index contributed by atoms with van der Waals surface area (Å²) in [6, 6.07) is 2.32. The third kappa shape index (κ3) is 2.21. The number of carbonyl (C=O) groups is 2. The van der Waals surface area contributed by atoms with Crippen molar-refractivity contribution in [1.82, 2.24) is 0 Å². The molecule has 2 aliphatic rings. The summed E-state index contributed by atoms with van der Waals surface area (Å²) in [4.78, 5) is 23.3. The van der Waals surface area contributed by atoms with Crippen LogP contribution in [0.25, 0.3) is 0 Å². The highest BCUT2D eigenvalue weighted by Gasteiger charge is 2.28. The van der Waals surface area contributed by atoms with E-state index in [9.17, 15) is 9.59 Å². The molecule has 0 amide bonds. The molecule has 2 atom stereocenters. The second-order valence-electron chi connectivity index (χ2n) is 6.70. The minimum atomic E-state index is -0.304. The molecule has 2 nitrogen and oxygen atoms in total. The molecule has 0 spiro atoms. The molecule has 1 aromatic carbocycles. The predicted octanol–water partition coefficient (Wildman–Crippen LogP) is 3.32. The summed E-state index contributed by atoms with van der Waals surface area (Å²) in [5.41, 5.74) is 5.76. The maximum atomic E-state index is 12.2. The molecular weight excluding hydrogens is 248 g/mol. The summed E-state index contributed by atoms with van der Waals surface area (Å²) in [5, 5.41) is 0. The minimum absolute atomic E-state index is 0.304. The van der Waals surface area contributed by atoms with Crippen LogP contribution >= 0.6 is 0 Å². The van der Waals surface area contributed by atoms with Crippen LogP contribution in [0.4, 0.5) is 0 Å². The van der Waals surface area contributed by atoms with Gasteiger partial charge in [0.05, 0.1) is 0 Å². The lowest BCUT2D eigenvalue weighted by molar-refractivity contribution is -0.104. The number of hydrogen-bond acceptors (Lipinski definition) is 2. The van der Waals surface area contributed by atoms with E-state index >= 15 is 0 Å². The maximum Gasteiger partial charge on any atom is 0.225 e. The topological polar surface area (TPSA) is 34.1 Å². The van der Waals surface area contributed by atoms with Crippen molar-refractivity contribution in [2.24, 2.45) is 11.8 Å². The molecule has 0 saturated heterocycles. The Labute approximate surface area is 120 Å². The number of benzene rings is 1. The Balaban J connectivity index is 2.20. The normalized spacial score (nSPS) is 24.7. The van der Waals surface area contributed by atoms with E-state index < -0.39 is 0 Å². The average Bonchev–Trinajstić information content (AvgIpc) is 2.44. The molecule has 0 heterocycles. The first-order valence-electron chi connectivity index (χ1n) is 7.76. The Morgan fingerprint density at radius 1 is 1.05 bits per heavy atom. The van der Waals surface area contributed by atoms with Crippen molar-refractivity contribution in [3.8, 4) is 0 Å². The molecule has 0 aromatic heterocycles. The van der Waals surface area contributed by atoms with Gasteiger partial charge >= 0.3 is 0 Å². The van der Waals surface area contributed by atoms with E-state index in [1.165, 1.54) is 35.1 Å². The number of hydrogen-bond donors (Lipinski definition) is 0.